The fourth-order valence-electron chi connectivity index (χ4n) is 3.14. The van der Waals surface area contributed by atoms with Crippen LogP contribution in [0.1, 0.15) is 11.3 Å². The number of methoxy groups -OCH3 is 1. The quantitative estimate of drug-likeness (QED) is 0.385. The van der Waals surface area contributed by atoms with Gasteiger partial charge in [0.25, 0.3) is 0 Å². The number of halogens is 1. The molecule has 8 heteroatoms. The van der Waals surface area contributed by atoms with Crippen molar-refractivity contribution in [3.63, 3.8) is 0 Å². The number of aliphatic imine (C=N–C) groups is 1. The lowest BCUT2D eigenvalue weighted by Gasteiger charge is -2.36. The molecule has 3 rings (SSSR count). The minimum absolute atomic E-state index is 0. The highest BCUT2D eigenvalue weighted by molar-refractivity contribution is 14.0. The molecule has 1 aliphatic rings. The molecule has 0 radical (unpaired) electrons. The summed E-state index contributed by atoms with van der Waals surface area (Å²) in [6, 6.07) is 10.1. The third kappa shape index (κ3) is 6.39. The summed E-state index contributed by atoms with van der Waals surface area (Å²) in [7, 11) is 3.54. The van der Waals surface area contributed by atoms with Gasteiger partial charge in [0.05, 0.1) is 12.8 Å². The highest BCUT2D eigenvalue weighted by Gasteiger charge is 2.20. The molecule has 1 saturated heterocycles. The van der Waals surface area contributed by atoms with Crippen molar-refractivity contribution in [2.45, 2.75) is 13.0 Å². The van der Waals surface area contributed by atoms with E-state index in [-0.39, 0.29) is 24.0 Å². The Morgan fingerprint density at radius 2 is 2.07 bits per heavy atom. The molecule has 7 nitrogen and oxygen atoms in total. The van der Waals surface area contributed by atoms with Crippen LogP contribution < -0.4 is 10.1 Å². The Balaban J connectivity index is 0.00000261. The second kappa shape index (κ2) is 11.1. The number of hydrogen-bond acceptors (Lipinski definition) is 5. The second-order valence-corrected chi connectivity index (χ2v) is 6.33. The molecule has 1 aromatic carbocycles. The number of benzene rings is 1. The predicted molar refractivity (Wildman–Crippen MR) is 117 cm³/mol. The average Bonchev–Trinajstić information content (AvgIpc) is 3.19. The molecule has 0 amide bonds. The van der Waals surface area contributed by atoms with E-state index in [4.69, 9.17) is 9.26 Å². The second-order valence-electron chi connectivity index (χ2n) is 6.33. The SMILES string of the molecule is CN=C(NCCc1cccc(OC)c1)N1CCN(Cc2ccon2)CC1.I. The van der Waals surface area contributed by atoms with Gasteiger partial charge in [-0.2, -0.15) is 0 Å². The molecule has 1 N–H and O–H groups in total. The molecule has 2 heterocycles. The van der Waals surface area contributed by atoms with E-state index in [0.29, 0.717) is 0 Å². The fraction of sp³-hybridized carbons (Fsp3) is 0.474. The van der Waals surface area contributed by atoms with E-state index >= 15 is 0 Å². The zero-order valence-electron chi connectivity index (χ0n) is 15.9. The summed E-state index contributed by atoms with van der Waals surface area (Å²) in [4.78, 5) is 9.14. The van der Waals surface area contributed by atoms with Crippen molar-refractivity contribution in [1.82, 2.24) is 20.3 Å². The van der Waals surface area contributed by atoms with Gasteiger partial charge in [0.1, 0.15) is 12.0 Å². The van der Waals surface area contributed by atoms with Gasteiger partial charge < -0.3 is 19.5 Å². The molecule has 0 aliphatic carbocycles. The first-order valence-electron chi connectivity index (χ1n) is 8.98. The molecule has 0 saturated carbocycles. The number of rotatable bonds is 6. The van der Waals surface area contributed by atoms with E-state index < -0.39 is 0 Å². The number of hydrogen-bond donors (Lipinski definition) is 1. The molecule has 27 heavy (non-hydrogen) atoms. The third-order valence-electron chi connectivity index (χ3n) is 4.59. The first-order chi connectivity index (χ1) is 12.8. The van der Waals surface area contributed by atoms with Gasteiger partial charge in [0.2, 0.25) is 0 Å². The van der Waals surface area contributed by atoms with Gasteiger partial charge in [-0.15, -0.1) is 24.0 Å². The van der Waals surface area contributed by atoms with E-state index in [1.165, 1.54) is 5.56 Å². The zero-order valence-corrected chi connectivity index (χ0v) is 18.3. The summed E-state index contributed by atoms with van der Waals surface area (Å²) in [6.45, 7) is 5.57. The lowest BCUT2D eigenvalue weighted by Crippen LogP contribution is -2.52. The Bertz CT molecular complexity index is 700. The smallest absolute Gasteiger partial charge is 0.193 e. The standard InChI is InChI=1S/C19H27N5O2.HI/c1-20-19(21-8-6-16-4-3-5-18(14-16)25-2)24-11-9-23(10-12-24)15-17-7-13-26-22-17;/h3-5,7,13-14H,6,8-12,15H2,1-2H3,(H,20,21);1H. The van der Waals surface area contributed by atoms with Crippen molar-refractivity contribution in [1.29, 1.82) is 0 Å². The maximum atomic E-state index is 5.28. The molecule has 1 aliphatic heterocycles. The van der Waals surface area contributed by atoms with Crippen molar-refractivity contribution in [3.05, 3.63) is 47.9 Å². The van der Waals surface area contributed by atoms with Gasteiger partial charge in [-0.3, -0.25) is 9.89 Å². The Kier molecular flexibility index (Phi) is 8.86. The monoisotopic (exact) mass is 485 g/mol. The van der Waals surface area contributed by atoms with E-state index in [0.717, 1.165) is 63.1 Å². The van der Waals surface area contributed by atoms with E-state index in [1.54, 1.807) is 13.4 Å². The van der Waals surface area contributed by atoms with E-state index in [2.05, 4.69) is 37.4 Å². The average molecular weight is 485 g/mol. The maximum absolute atomic E-state index is 5.28. The summed E-state index contributed by atoms with van der Waals surface area (Å²) in [6.07, 6.45) is 2.56. The van der Waals surface area contributed by atoms with Crippen LogP contribution in [0.2, 0.25) is 0 Å². The van der Waals surface area contributed by atoms with Crippen LogP contribution in [0.3, 0.4) is 0 Å². The summed E-state index contributed by atoms with van der Waals surface area (Å²) in [5, 5.41) is 7.46. The molecule has 0 unspecified atom stereocenters. The van der Waals surface area contributed by atoms with Crippen molar-refractivity contribution in [2.24, 2.45) is 4.99 Å². The Morgan fingerprint density at radius 1 is 1.26 bits per heavy atom. The Labute approximate surface area is 177 Å². The van der Waals surface area contributed by atoms with Gasteiger partial charge in [0.15, 0.2) is 5.96 Å². The number of nitrogens with one attached hydrogen (secondary N) is 1. The lowest BCUT2D eigenvalue weighted by molar-refractivity contribution is 0.169. The van der Waals surface area contributed by atoms with Gasteiger partial charge in [-0.1, -0.05) is 17.3 Å². The highest BCUT2D eigenvalue weighted by Crippen LogP contribution is 2.12. The third-order valence-corrected chi connectivity index (χ3v) is 4.59. The van der Waals surface area contributed by atoms with Crippen LogP contribution in [0.5, 0.6) is 5.75 Å². The summed E-state index contributed by atoms with van der Waals surface area (Å²) in [5.74, 6) is 1.86. The molecular weight excluding hydrogens is 457 g/mol. The van der Waals surface area contributed by atoms with E-state index in [9.17, 15) is 0 Å². The highest BCUT2D eigenvalue weighted by atomic mass is 127. The summed E-state index contributed by atoms with van der Waals surface area (Å²) in [5.41, 5.74) is 2.24. The van der Waals surface area contributed by atoms with Gasteiger partial charge in [-0.25, -0.2) is 0 Å². The minimum Gasteiger partial charge on any atom is -0.497 e. The normalized spacial score (nSPS) is 15.3. The Hall–Kier alpha value is -1.81. The topological polar surface area (TPSA) is 66.1 Å². The molecule has 1 fully saturated rings. The molecule has 0 bridgehead atoms. The van der Waals surface area contributed by atoms with Crippen LogP contribution in [-0.2, 0) is 13.0 Å². The minimum atomic E-state index is 0. The van der Waals surface area contributed by atoms with Crippen LogP contribution in [0.15, 0.2) is 46.1 Å². The molecule has 148 valence electrons. The van der Waals surface area contributed by atoms with Crippen LogP contribution in [0.25, 0.3) is 0 Å². The van der Waals surface area contributed by atoms with Crippen LogP contribution >= 0.6 is 24.0 Å². The van der Waals surface area contributed by atoms with Gasteiger partial charge in [0, 0.05) is 52.4 Å². The van der Waals surface area contributed by atoms with Crippen LogP contribution in [-0.4, -0.2) is 67.8 Å². The molecule has 2 aromatic rings. The van der Waals surface area contributed by atoms with Crippen LogP contribution in [0, 0.1) is 0 Å². The van der Waals surface area contributed by atoms with Gasteiger partial charge in [-0.05, 0) is 24.1 Å². The fourth-order valence-corrected chi connectivity index (χ4v) is 3.14. The summed E-state index contributed by atoms with van der Waals surface area (Å²) >= 11 is 0. The Morgan fingerprint density at radius 3 is 2.74 bits per heavy atom. The number of ether oxygens (including phenoxy) is 1. The molecular formula is C19H28IN5O2. The van der Waals surface area contributed by atoms with Crippen molar-refractivity contribution in [2.75, 3.05) is 46.9 Å². The van der Waals surface area contributed by atoms with Crippen molar-refractivity contribution in [3.8, 4) is 5.75 Å². The lowest BCUT2D eigenvalue weighted by atomic mass is 10.1. The number of aromatic nitrogens is 1. The molecule has 0 spiro atoms. The van der Waals surface area contributed by atoms with Crippen molar-refractivity contribution < 1.29 is 9.26 Å². The van der Waals surface area contributed by atoms with Gasteiger partial charge >= 0.3 is 0 Å². The largest absolute Gasteiger partial charge is 0.497 e. The van der Waals surface area contributed by atoms with Crippen molar-refractivity contribution >= 4 is 29.9 Å². The molecule has 0 atom stereocenters. The first kappa shape index (κ1) is 21.5. The number of nitrogens with zero attached hydrogens (tertiary/aromatic N) is 4. The zero-order chi connectivity index (χ0) is 18.2. The first-order valence-corrected chi connectivity index (χ1v) is 8.98. The molecule has 1 aromatic heterocycles. The maximum Gasteiger partial charge on any atom is 0.193 e. The number of piperazine rings is 1. The summed E-state index contributed by atoms with van der Waals surface area (Å²) < 4.78 is 10.2. The van der Waals surface area contributed by atoms with E-state index in [1.807, 2.05) is 25.2 Å². The number of guanidine groups is 1. The predicted octanol–water partition coefficient (Wildman–Crippen LogP) is 2.24. The van der Waals surface area contributed by atoms with Crippen LogP contribution in [0.4, 0.5) is 0 Å².